The normalized spacial score (nSPS) is 10.6. The van der Waals surface area contributed by atoms with Gasteiger partial charge in [0.15, 0.2) is 0 Å². The van der Waals surface area contributed by atoms with E-state index in [2.05, 4.69) is 0 Å². The highest BCUT2D eigenvalue weighted by atomic mass is 16.4. The average Bonchev–Trinajstić information content (AvgIpc) is 2.19. The minimum Gasteiger partial charge on any atom is -0.423 e. The average molecular weight is 189 g/mol. The van der Waals surface area contributed by atoms with Crippen LogP contribution in [0.5, 0.6) is 0 Å². The fourth-order valence-electron chi connectivity index (χ4n) is 1.44. The molecule has 2 rings (SSSR count). The molecule has 0 saturated heterocycles. The molecule has 2 aromatic rings. The summed E-state index contributed by atoms with van der Waals surface area (Å²) in [7, 11) is 0. The van der Waals surface area contributed by atoms with Crippen LogP contribution in [0.4, 0.5) is 0 Å². The smallest absolute Gasteiger partial charge is 0.336 e. The maximum atomic E-state index is 10.9. The lowest BCUT2D eigenvalue weighted by Gasteiger charge is -2.00. The zero-order valence-electron chi connectivity index (χ0n) is 7.69. The Kier molecular flexibility index (Phi) is 2.33. The number of rotatable bonds is 2. The highest BCUT2D eigenvalue weighted by molar-refractivity contribution is 5.76. The Hall–Kier alpha value is -1.61. The number of hydrogen-bond donors (Lipinski definition) is 1. The Morgan fingerprint density at radius 1 is 1.21 bits per heavy atom. The maximum Gasteiger partial charge on any atom is 0.336 e. The number of hydrogen-bond acceptors (Lipinski definition) is 3. The molecule has 72 valence electrons. The molecular weight excluding hydrogens is 178 g/mol. The molecule has 3 nitrogen and oxygen atoms in total. The number of fused-ring (bicyclic) bond motifs is 1. The summed E-state index contributed by atoms with van der Waals surface area (Å²) in [4.78, 5) is 10.9. The summed E-state index contributed by atoms with van der Waals surface area (Å²) in [5, 5.41) is 0.940. The first-order valence-corrected chi connectivity index (χ1v) is 4.52. The Morgan fingerprint density at radius 2 is 2.07 bits per heavy atom. The first-order valence-electron chi connectivity index (χ1n) is 4.52. The van der Waals surface area contributed by atoms with Gasteiger partial charge in [0.05, 0.1) is 0 Å². The molecule has 0 radical (unpaired) electrons. The van der Waals surface area contributed by atoms with Crippen molar-refractivity contribution in [1.82, 2.24) is 0 Å². The maximum absolute atomic E-state index is 10.9. The fourth-order valence-corrected chi connectivity index (χ4v) is 1.44. The van der Waals surface area contributed by atoms with Crippen LogP contribution in [-0.4, -0.2) is 6.54 Å². The van der Waals surface area contributed by atoms with E-state index in [4.69, 9.17) is 10.2 Å². The molecule has 0 aliphatic heterocycles. The standard InChI is InChI=1S/C11H11NO2/c12-6-5-8-1-3-10-9(7-8)2-4-11(13)14-10/h1-4,7H,5-6,12H2. The van der Waals surface area contributed by atoms with Gasteiger partial charge in [0.1, 0.15) is 5.58 Å². The second kappa shape index (κ2) is 3.64. The van der Waals surface area contributed by atoms with Crippen LogP contribution in [0, 0.1) is 0 Å². The van der Waals surface area contributed by atoms with Crippen molar-refractivity contribution in [3.05, 3.63) is 46.3 Å². The van der Waals surface area contributed by atoms with Gasteiger partial charge >= 0.3 is 5.63 Å². The highest BCUT2D eigenvalue weighted by Gasteiger charge is 1.98. The largest absolute Gasteiger partial charge is 0.423 e. The molecule has 0 unspecified atom stereocenters. The van der Waals surface area contributed by atoms with Gasteiger partial charge in [-0.2, -0.15) is 0 Å². The monoisotopic (exact) mass is 189 g/mol. The first kappa shape index (κ1) is 8.97. The topological polar surface area (TPSA) is 56.2 Å². The third kappa shape index (κ3) is 1.67. The van der Waals surface area contributed by atoms with Crippen LogP contribution in [0.2, 0.25) is 0 Å². The summed E-state index contributed by atoms with van der Waals surface area (Å²) in [6.07, 6.45) is 0.842. The van der Waals surface area contributed by atoms with Gasteiger partial charge in [-0.25, -0.2) is 4.79 Å². The Balaban J connectivity index is 2.56. The van der Waals surface area contributed by atoms with E-state index in [-0.39, 0.29) is 5.63 Å². The fraction of sp³-hybridized carbons (Fsp3) is 0.182. The van der Waals surface area contributed by atoms with Crippen molar-refractivity contribution in [3.63, 3.8) is 0 Å². The predicted octanol–water partition coefficient (Wildman–Crippen LogP) is 1.29. The number of nitrogens with two attached hydrogens (primary N) is 1. The van der Waals surface area contributed by atoms with E-state index < -0.39 is 0 Å². The van der Waals surface area contributed by atoms with Crippen molar-refractivity contribution >= 4 is 11.0 Å². The Morgan fingerprint density at radius 3 is 2.86 bits per heavy atom. The molecule has 0 saturated carbocycles. The van der Waals surface area contributed by atoms with Crippen molar-refractivity contribution < 1.29 is 4.42 Å². The van der Waals surface area contributed by atoms with Crippen LogP contribution in [0.1, 0.15) is 5.56 Å². The van der Waals surface area contributed by atoms with Gasteiger partial charge in [-0.3, -0.25) is 0 Å². The van der Waals surface area contributed by atoms with Crippen LogP contribution in [-0.2, 0) is 6.42 Å². The SMILES string of the molecule is NCCc1ccc2oc(=O)ccc2c1. The lowest BCUT2D eigenvalue weighted by molar-refractivity contribution is 0.561. The van der Waals surface area contributed by atoms with Crippen LogP contribution in [0.15, 0.2) is 39.5 Å². The molecular formula is C11H11NO2. The molecule has 0 fully saturated rings. The predicted molar refractivity (Wildman–Crippen MR) is 55.2 cm³/mol. The van der Waals surface area contributed by atoms with Crippen molar-refractivity contribution in [2.75, 3.05) is 6.54 Å². The highest BCUT2D eigenvalue weighted by Crippen LogP contribution is 2.13. The molecule has 0 amide bonds. The first-order chi connectivity index (χ1) is 6.79. The van der Waals surface area contributed by atoms with E-state index in [0.29, 0.717) is 12.1 Å². The van der Waals surface area contributed by atoms with Crippen molar-refractivity contribution in [3.8, 4) is 0 Å². The van der Waals surface area contributed by atoms with E-state index in [9.17, 15) is 4.79 Å². The van der Waals surface area contributed by atoms with Gasteiger partial charge in [0.25, 0.3) is 0 Å². The molecule has 0 aliphatic carbocycles. The van der Waals surface area contributed by atoms with Gasteiger partial charge < -0.3 is 10.2 Å². The van der Waals surface area contributed by atoms with E-state index >= 15 is 0 Å². The molecule has 0 bridgehead atoms. The molecule has 2 N–H and O–H groups in total. The van der Waals surface area contributed by atoms with E-state index in [0.717, 1.165) is 17.4 Å². The minimum absolute atomic E-state index is 0.316. The number of benzene rings is 1. The summed E-state index contributed by atoms with van der Waals surface area (Å²) >= 11 is 0. The lowest BCUT2D eigenvalue weighted by Crippen LogP contribution is -2.02. The summed E-state index contributed by atoms with van der Waals surface area (Å²) in [6, 6.07) is 8.92. The second-order valence-corrected chi connectivity index (χ2v) is 3.17. The third-order valence-electron chi connectivity index (χ3n) is 2.12. The van der Waals surface area contributed by atoms with Crippen LogP contribution in [0.25, 0.3) is 11.0 Å². The van der Waals surface area contributed by atoms with Gasteiger partial charge in [-0.15, -0.1) is 0 Å². The molecule has 0 spiro atoms. The molecule has 1 aromatic heterocycles. The second-order valence-electron chi connectivity index (χ2n) is 3.17. The van der Waals surface area contributed by atoms with E-state index in [1.54, 1.807) is 6.07 Å². The zero-order valence-corrected chi connectivity index (χ0v) is 7.69. The van der Waals surface area contributed by atoms with E-state index in [1.165, 1.54) is 6.07 Å². The zero-order chi connectivity index (χ0) is 9.97. The summed E-state index contributed by atoms with van der Waals surface area (Å²) in [6.45, 7) is 0.627. The summed E-state index contributed by atoms with van der Waals surface area (Å²) < 4.78 is 5.01. The van der Waals surface area contributed by atoms with Gasteiger partial charge in [-0.1, -0.05) is 6.07 Å². The molecule has 0 atom stereocenters. The van der Waals surface area contributed by atoms with Crippen LogP contribution in [0.3, 0.4) is 0 Å². The molecule has 14 heavy (non-hydrogen) atoms. The van der Waals surface area contributed by atoms with Crippen LogP contribution >= 0.6 is 0 Å². The quantitative estimate of drug-likeness (QED) is 0.724. The Bertz CT molecular complexity index is 502. The molecule has 3 heteroatoms. The Labute approximate surface area is 81.1 Å². The summed E-state index contributed by atoms with van der Waals surface area (Å²) in [5.74, 6) is 0. The van der Waals surface area contributed by atoms with Crippen LogP contribution < -0.4 is 11.4 Å². The summed E-state index contributed by atoms with van der Waals surface area (Å²) in [5.41, 5.74) is 6.92. The van der Waals surface area contributed by atoms with Crippen molar-refractivity contribution in [2.24, 2.45) is 5.73 Å². The van der Waals surface area contributed by atoms with Gasteiger partial charge in [0.2, 0.25) is 0 Å². The molecule has 1 aromatic carbocycles. The van der Waals surface area contributed by atoms with E-state index in [1.807, 2.05) is 18.2 Å². The van der Waals surface area contributed by atoms with Crippen molar-refractivity contribution in [1.29, 1.82) is 0 Å². The minimum atomic E-state index is -0.316. The van der Waals surface area contributed by atoms with Gasteiger partial charge in [0, 0.05) is 11.5 Å². The molecule has 1 heterocycles. The lowest BCUT2D eigenvalue weighted by atomic mass is 10.1. The van der Waals surface area contributed by atoms with Gasteiger partial charge in [-0.05, 0) is 36.7 Å². The third-order valence-corrected chi connectivity index (χ3v) is 2.12. The molecule has 0 aliphatic rings. The van der Waals surface area contributed by atoms with Crippen molar-refractivity contribution in [2.45, 2.75) is 6.42 Å².